The summed E-state index contributed by atoms with van der Waals surface area (Å²) >= 11 is 0. The number of carbonyl (C=O) groups excluding carboxylic acids is 1. The third-order valence-corrected chi connectivity index (χ3v) is 4.37. The van der Waals surface area contributed by atoms with Gasteiger partial charge in [0.15, 0.2) is 6.61 Å². The number of hydrogen-bond donors (Lipinski definition) is 1. The van der Waals surface area contributed by atoms with Gasteiger partial charge in [0.05, 0.1) is 10.9 Å². The average Bonchev–Trinajstić information content (AvgIpc) is 3.15. The summed E-state index contributed by atoms with van der Waals surface area (Å²) < 4.78 is 7.25. The molecule has 1 aliphatic rings. The van der Waals surface area contributed by atoms with Crippen LogP contribution in [0.1, 0.15) is 17.8 Å². The third kappa shape index (κ3) is 3.28. The van der Waals surface area contributed by atoms with Gasteiger partial charge in [-0.25, -0.2) is 4.98 Å². The predicted octanol–water partition coefficient (Wildman–Crippen LogP) is 1.43. The first-order valence-electron chi connectivity index (χ1n) is 8.52. The number of hydrogen-bond acceptors (Lipinski definition) is 5. The number of aromatic nitrogens is 3. The maximum absolute atomic E-state index is 12.6. The number of fused-ring (bicyclic) bond motifs is 2. The predicted molar refractivity (Wildman–Crippen MR) is 95.9 cm³/mol. The van der Waals surface area contributed by atoms with E-state index in [0.29, 0.717) is 29.7 Å². The summed E-state index contributed by atoms with van der Waals surface area (Å²) in [5.41, 5.74) is 1.53. The van der Waals surface area contributed by atoms with Crippen molar-refractivity contribution in [3.8, 4) is 5.75 Å². The Morgan fingerprint density at radius 3 is 3.08 bits per heavy atom. The Kier molecular flexibility index (Phi) is 4.35. The van der Waals surface area contributed by atoms with Crippen LogP contribution in [0.15, 0.2) is 47.5 Å². The topological polar surface area (TPSA) is 86.1 Å². The molecule has 0 fully saturated rings. The molecule has 26 heavy (non-hydrogen) atoms. The van der Waals surface area contributed by atoms with Crippen LogP contribution < -0.4 is 15.6 Å². The van der Waals surface area contributed by atoms with Crippen LogP contribution in [0.5, 0.6) is 5.75 Å². The second-order valence-corrected chi connectivity index (χ2v) is 6.19. The lowest BCUT2D eigenvalue weighted by atomic mass is 10.2. The van der Waals surface area contributed by atoms with Gasteiger partial charge in [-0.3, -0.25) is 19.1 Å². The fourth-order valence-corrected chi connectivity index (χ4v) is 3.06. The molecule has 1 aromatic carbocycles. The normalized spacial score (nSPS) is 12.8. The van der Waals surface area contributed by atoms with Crippen LogP contribution in [0.4, 0.5) is 0 Å². The summed E-state index contributed by atoms with van der Waals surface area (Å²) in [6, 6.07) is 8.85. The Morgan fingerprint density at radius 2 is 2.23 bits per heavy atom. The van der Waals surface area contributed by atoms with Gasteiger partial charge in [0.1, 0.15) is 11.6 Å². The lowest BCUT2D eigenvalue weighted by Gasteiger charge is -2.09. The van der Waals surface area contributed by atoms with E-state index in [1.54, 1.807) is 35.2 Å². The molecule has 1 N–H and O–H groups in total. The molecule has 7 heteroatoms. The minimum atomic E-state index is -0.238. The fraction of sp³-hybridized carbons (Fsp3) is 0.263. The summed E-state index contributed by atoms with van der Waals surface area (Å²) in [7, 11) is 0. The van der Waals surface area contributed by atoms with Gasteiger partial charge in [-0.15, -0.1) is 0 Å². The van der Waals surface area contributed by atoms with Gasteiger partial charge >= 0.3 is 0 Å². The lowest BCUT2D eigenvalue weighted by Crippen LogP contribution is -2.28. The largest absolute Gasteiger partial charge is 0.484 e. The van der Waals surface area contributed by atoms with E-state index in [1.807, 2.05) is 12.1 Å². The van der Waals surface area contributed by atoms with Crippen LogP contribution in [0.25, 0.3) is 10.9 Å². The molecule has 132 valence electrons. The fourth-order valence-electron chi connectivity index (χ4n) is 3.06. The lowest BCUT2D eigenvalue weighted by molar-refractivity contribution is -0.123. The Labute approximate surface area is 149 Å². The smallest absolute Gasteiger partial charge is 0.261 e. The first kappa shape index (κ1) is 16.3. The highest BCUT2D eigenvalue weighted by Crippen LogP contribution is 2.19. The monoisotopic (exact) mass is 350 g/mol. The van der Waals surface area contributed by atoms with E-state index in [-0.39, 0.29) is 18.1 Å². The molecule has 0 spiro atoms. The van der Waals surface area contributed by atoms with Gasteiger partial charge in [0.25, 0.3) is 11.5 Å². The van der Waals surface area contributed by atoms with Crippen LogP contribution >= 0.6 is 0 Å². The number of amides is 1. The number of ether oxygens (including phenoxy) is 1. The minimum Gasteiger partial charge on any atom is -0.484 e. The number of benzene rings is 1. The van der Waals surface area contributed by atoms with Crippen molar-refractivity contribution >= 4 is 16.8 Å². The second kappa shape index (κ2) is 6.95. The number of nitrogens with zero attached hydrogens (tertiary/aromatic N) is 3. The molecule has 3 heterocycles. The molecule has 0 unspecified atom stereocenters. The molecular weight excluding hydrogens is 332 g/mol. The summed E-state index contributed by atoms with van der Waals surface area (Å²) in [5, 5.41) is 3.29. The van der Waals surface area contributed by atoms with Crippen LogP contribution in [-0.2, 0) is 24.3 Å². The third-order valence-electron chi connectivity index (χ3n) is 4.37. The van der Waals surface area contributed by atoms with E-state index >= 15 is 0 Å². The highest BCUT2D eigenvalue weighted by molar-refractivity contribution is 5.80. The molecule has 7 nitrogen and oxygen atoms in total. The summed E-state index contributed by atoms with van der Waals surface area (Å²) in [5.74, 6) is 1.08. The van der Waals surface area contributed by atoms with E-state index in [1.165, 1.54) is 0 Å². The van der Waals surface area contributed by atoms with E-state index in [4.69, 9.17) is 4.74 Å². The van der Waals surface area contributed by atoms with Crippen molar-refractivity contribution in [2.75, 3.05) is 6.61 Å². The van der Waals surface area contributed by atoms with Gasteiger partial charge in [-0.1, -0.05) is 6.07 Å². The Morgan fingerprint density at radius 1 is 1.31 bits per heavy atom. The van der Waals surface area contributed by atoms with Gasteiger partial charge < -0.3 is 10.1 Å². The van der Waals surface area contributed by atoms with Crippen molar-refractivity contribution in [1.82, 2.24) is 19.9 Å². The average molecular weight is 350 g/mol. The number of nitrogens with one attached hydrogen (secondary N) is 1. The van der Waals surface area contributed by atoms with E-state index < -0.39 is 0 Å². The van der Waals surface area contributed by atoms with Crippen molar-refractivity contribution in [2.45, 2.75) is 25.9 Å². The van der Waals surface area contributed by atoms with Gasteiger partial charge in [-0.2, -0.15) is 0 Å². The second-order valence-electron chi connectivity index (χ2n) is 6.19. The van der Waals surface area contributed by atoms with Crippen LogP contribution in [0.2, 0.25) is 0 Å². The molecule has 1 amide bonds. The first-order chi connectivity index (χ1) is 12.7. The summed E-state index contributed by atoms with van der Waals surface area (Å²) in [6.07, 6.45) is 5.16. The van der Waals surface area contributed by atoms with E-state index in [2.05, 4.69) is 15.3 Å². The van der Waals surface area contributed by atoms with Gasteiger partial charge in [0.2, 0.25) is 0 Å². The molecule has 0 radical (unpaired) electrons. The highest BCUT2D eigenvalue weighted by Gasteiger charge is 2.16. The maximum Gasteiger partial charge on any atom is 0.261 e. The van der Waals surface area contributed by atoms with E-state index in [0.717, 1.165) is 24.2 Å². The minimum absolute atomic E-state index is 0.0472. The van der Waals surface area contributed by atoms with Gasteiger partial charge in [0, 0.05) is 31.9 Å². The number of rotatable bonds is 5. The maximum atomic E-state index is 12.6. The Bertz CT molecular complexity index is 1010. The first-order valence-corrected chi connectivity index (χ1v) is 8.52. The number of pyridine rings is 1. The molecule has 0 saturated carbocycles. The van der Waals surface area contributed by atoms with Crippen molar-refractivity contribution in [3.63, 3.8) is 0 Å². The standard InChI is InChI=1S/C19H18N4O3/c24-18(21-11-13-3-1-7-20-10-13)12-26-14-5-6-16-15(9-14)19(25)23-8-2-4-17(23)22-16/h1,3,5-7,9-10H,2,4,8,11-12H2,(H,21,24). The van der Waals surface area contributed by atoms with Crippen LogP contribution in [0, 0.1) is 0 Å². The van der Waals surface area contributed by atoms with Crippen molar-refractivity contribution in [1.29, 1.82) is 0 Å². The quantitative estimate of drug-likeness (QED) is 0.752. The van der Waals surface area contributed by atoms with Crippen molar-refractivity contribution < 1.29 is 9.53 Å². The van der Waals surface area contributed by atoms with Gasteiger partial charge in [-0.05, 0) is 36.2 Å². The highest BCUT2D eigenvalue weighted by atomic mass is 16.5. The van der Waals surface area contributed by atoms with Crippen LogP contribution in [0.3, 0.4) is 0 Å². The molecule has 0 aliphatic carbocycles. The molecule has 2 aromatic heterocycles. The van der Waals surface area contributed by atoms with Crippen LogP contribution in [-0.4, -0.2) is 27.0 Å². The molecule has 0 atom stereocenters. The summed E-state index contributed by atoms with van der Waals surface area (Å²) in [4.78, 5) is 33.0. The molecule has 0 saturated heterocycles. The SMILES string of the molecule is O=C(COc1ccc2nc3n(c(=O)c2c1)CCC3)NCc1cccnc1. The zero-order valence-electron chi connectivity index (χ0n) is 14.1. The Balaban J connectivity index is 1.43. The molecule has 3 aromatic rings. The van der Waals surface area contributed by atoms with E-state index in [9.17, 15) is 9.59 Å². The zero-order chi connectivity index (χ0) is 17.9. The van der Waals surface area contributed by atoms with Crippen molar-refractivity contribution in [3.05, 3.63) is 64.5 Å². The molecule has 1 aliphatic heterocycles. The number of carbonyl (C=O) groups is 1. The molecule has 0 bridgehead atoms. The van der Waals surface area contributed by atoms with Crippen molar-refractivity contribution in [2.24, 2.45) is 0 Å². The zero-order valence-corrected chi connectivity index (χ0v) is 14.1. The molecular formula is C19H18N4O3. The Hall–Kier alpha value is -3.22. The number of aryl methyl sites for hydroxylation is 1. The summed E-state index contributed by atoms with van der Waals surface area (Å²) in [6.45, 7) is 0.982. The molecule has 4 rings (SSSR count).